The molecule has 0 spiro atoms. The fraction of sp³-hybridized carbons (Fsp3) is 0.400. The standard InChI is InChI=1S/C25H29ClN6O.C20H21ClN6.C5H9ClO.B6.B5H3/c1-14-9-15(2)22(28-11-14)17-10-21(27-13-19(17)26)32-8-7-20-18(16(32)3)12-29-24(30-20)31-23(33)25(4,5)6;1-11-6-12(2)19(24-8-11)14-7-18(23-10-16(14)21)27-5-4-17-15(13(27)3)9-25-20(22)26-17;1-5(2,3)4(6)7;1-5(2)6(3)4;1-4-5(2)3/h9-13,16H,7-8H2,1-6H3,(H,29,30,31,33);6-10,13H,4-5H2,1-3H3,(H2,22,25,26);1-3H3;;1H3/q;;;;-1/t16-;13-;;;/m11.../s1. The normalized spacial score (nSPS) is 14.4. The highest BCUT2D eigenvalue weighted by molar-refractivity contribution is 7.76. The molecule has 0 aromatic carbocycles. The van der Waals surface area contributed by atoms with E-state index in [-0.39, 0.29) is 35.0 Å². The Labute approximate surface area is 488 Å². The first-order valence-corrected chi connectivity index (χ1v) is 25.9. The van der Waals surface area contributed by atoms with Crippen LogP contribution in [-0.4, -0.2) is 144 Å². The molecule has 0 saturated heterocycles. The van der Waals surface area contributed by atoms with E-state index in [0.717, 1.165) is 105 Å². The van der Waals surface area contributed by atoms with Crippen molar-refractivity contribution in [1.82, 2.24) is 39.9 Å². The highest BCUT2D eigenvalue weighted by atomic mass is 35.5. The number of rotatable bonds is 7. The number of nitrogens with two attached hydrogens (primary N) is 1. The molecule has 389 valence electrons. The molecule has 2 aliphatic heterocycles. The number of carbonyl (C=O) groups excluding carboxylic acids is 2. The van der Waals surface area contributed by atoms with Crippen LogP contribution < -0.4 is 20.9 Å². The Morgan fingerprint density at radius 2 is 1.05 bits per heavy atom. The first kappa shape index (κ1) is 65.4. The van der Waals surface area contributed by atoms with Crippen LogP contribution in [0.15, 0.2) is 61.4 Å². The van der Waals surface area contributed by atoms with Gasteiger partial charge < -0.3 is 15.5 Å². The Bertz CT molecular complexity index is 3020. The summed E-state index contributed by atoms with van der Waals surface area (Å²) in [7, 11) is 32.3. The van der Waals surface area contributed by atoms with Crippen LogP contribution in [0.5, 0.6) is 0 Å². The highest BCUT2D eigenvalue weighted by Crippen LogP contribution is 2.38. The smallest absolute Gasteiger partial charge is 0.232 e. The summed E-state index contributed by atoms with van der Waals surface area (Å²) in [5, 5.41) is 3.71. The third kappa shape index (κ3) is 18.5. The van der Waals surface area contributed by atoms with Crippen LogP contribution in [-0.2, 0) is 22.4 Å². The molecule has 78 heavy (non-hydrogen) atoms. The molecule has 1 amide bonds. The molecule has 14 nitrogen and oxygen atoms in total. The van der Waals surface area contributed by atoms with Crippen LogP contribution in [0.25, 0.3) is 22.5 Å². The van der Waals surface area contributed by atoms with Gasteiger partial charge in [0.2, 0.25) is 23.0 Å². The van der Waals surface area contributed by atoms with Gasteiger partial charge in [-0.2, -0.15) is 7.06 Å². The van der Waals surface area contributed by atoms with Gasteiger partial charge in [0.1, 0.15) is 11.6 Å². The van der Waals surface area contributed by atoms with Gasteiger partial charge in [0.15, 0.2) is 0 Å². The summed E-state index contributed by atoms with van der Waals surface area (Å²) in [6.07, 6.45) is 10.9. The molecule has 0 fully saturated rings. The molecule has 6 aromatic rings. The molecule has 0 unspecified atom stereocenters. The Kier molecular flexibility index (Phi) is 24.2. The number of pyridine rings is 4. The summed E-state index contributed by atoms with van der Waals surface area (Å²) < 4.78 is 0. The molecule has 8 rings (SSSR count). The molecule has 0 bridgehead atoms. The van der Waals surface area contributed by atoms with E-state index in [2.05, 4.69) is 81.0 Å². The van der Waals surface area contributed by atoms with Crippen molar-refractivity contribution in [1.29, 1.82) is 0 Å². The number of hydrogen-bond acceptors (Lipinski definition) is 13. The summed E-state index contributed by atoms with van der Waals surface area (Å²) in [4.78, 5) is 63.0. The first-order chi connectivity index (χ1) is 36.3. The summed E-state index contributed by atoms with van der Waals surface area (Å²) in [6, 6.07) is 8.36. The molecule has 2 atom stereocenters. The molecule has 3 N–H and O–H groups in total. The fourth-order valence-electron chi connectivity index (χ4n) is 7.64. The van der Waals surface area contributed by atoms with Gasteiger partial charge in [0.25, 0.3) is 0 Å². The molecule has 6 aromatic heterocycles. The quantitative estimate of drug-likeness (QED) is 0.140. The predicted molar refractivity (Wildman–Crippen MR) is 337 cm³/mol. The van der Waals surface area contributed by atoms with Crippen molar-refractivity contribution < 1.29 is 9.59 Å². The van der Waals surface area contributed by atoms with E-state index in [1.54, 1.807) is 39.4 Å². The first-order valence-electron chi connectivity index (χ1n) is 24.8. The lowest BCUT2D eigenvalue weighted by Gasteiger charge is -2.35. The lowest BCUT2D eigenvalue weighted by atomic mass is 8.81. The van der Waals surface area contributed by atoms with Crippen molar-refractivity contribution in [2.75, 3.05) is 33.9 Å². The number of fused-ring (bicyclic) bond motifs is 2. The zero-order valence-electron chi connectivity index (χ0n) is 46.0. The maximum Gasteiger partial charge on any atom is 0.232 e. The van der Waals surface area contributed by atoms with Crippen molar-refractivity contribution in [3.8, 4) is 22.5 Å². The summed E-state index contributed by atoms with van der Waals surface area (Å²) >= 11 is 18.1. The van der Waals surface area contributed by atoms with Crippen LogP contribution in [0, 0.1) is 38.5 Å². The van der Waals surface area contributed by atoms with E-state index in [9.17, 15) is 9.59 Å². The second-order valence-corrected chi connectivity index (χ2v) is 22.0. The number of nitrogen functional groups attached to an aromatic ring is 1. The van der Waals surface area contributed by atoms with Gasteiger partial charge in [-0.3, -0.25) is 24.9 Å². The van der Waals surface area contributed by atoms with E-state index < -0.39 is 18.2 Å². The van der Waals surface area contributed by atoms with Gasteiger partial charge in [-0.15, -0.1) is 0 Å². The number of anilines is 4. The van der Waals surface area contributed by atoms with Crippen LogP contribution in [0.1, 0.15) is 112 Å². The van der Waals surface area contributed by atoms with Crippen molar-refractivity contribution in [3.63, 3.8) is 0 Å². The molecular weight excluding hydrogens is 1030 g/mol. The lowest BCUT2D eigenvalue weighted by molar-refractivity contribution is -0.123. The zero-order valence-corrected chi connectivity index (χ0v) is 48.3. The number of aryl methyl sites for hydroxylation is 4. The Morgan fingerprint density at radius 1 is 0.654 bits per heavy atom. The van der Waals surface area contributed by atoms with Crippen LogP contribution in [0.3, 0.4) is 0 Å². The van der Waals surface area contributed by atoms with Crippen molar-refractivity contribution in [2.24, 2.45) is 10.8 Å². The molecule has 28 heteroatoms. The lowest BCUT2D eigenvalue weighted by Crippen LogP contribution is -2.38. The highest BCUT2D eigenvalue weighted by Gasteiger charge is 2.30. The topological polar surface area (TPSA) is 182 Å². The maximum absolute atomic E-state index is 12.3. The minimum absolute atomic E-state index is 0.0229. The van der Waals surface area contributed by atoms with E-state index in [1.807, 2.05) is 86.3 Å². The second kappa shape index (κ2) is 28.9. The van der Waals surface area contributed by atoms with Gasteiger partial charge >= 0.3 is 0 Å². The van der Waals surface area contributed by atoms with Gasteiger partial charge in [-0.25, -0.2) is 29.9 Å². The Hall–Kier alpha value is -5.12. The van der Waals surface area contributed by atoms with Gasteiger partial charge in [0, 0.05) is 140 Å². The van der Waals surface area contributed by atoms with E-state index >= 15 is 0 Å². The second-order valence-electron chi connectivity index (χ2n) is 20.8. The molecule has 2 aliphatic rings. The third-order valence-electron chi connectivity index (χ3n) is 12.0. The van der Waals surface area contributed by atoms with Crippen molar-refractivity contribution in [3.05, 3.63) is 116 Å². The van der Waals surface area contributed by atoms with E-state index in [0.29, 0.717) is 29.7 Å². The van der Waals surface area contributed by atoms with E-state index in [4.69, 9.17) is 87.0 Å². The van der Waals surface area contributed by atoms with Crippen LogP contribution >= 0.6 is 34.8 Å². The van der Waals surface area contributed by atoms with Gasteiger partial charge in [-0.1, -0.05) is 84.6 Å². The average Bonchev–Trinajstić information content (AvgIpc) is 3.37. The summed E-state index contributed by atoms with van der Waals surface area (Å²) in [5.74, 6) is 2.26. The Balaban J connectivity index is 0.000000259. The molecule has 8 heterocycles. The number of hydrogen-bond donors (Lipinski definition) is 2. The maximum atomic E-state index is 12.3. The molecule has 0 aliphatic carbocycles. The number of halogens is 3. The average molecular weight is 1090 g/mol. The van der Waals surface area contributed by atoms with Crippen LogP contribution in [0.4, 0.5) is 23.5 Å². The monoisotopic (exact) mass is 1090 g/mol. The number of amides is 1. The van der Waals surface area contributed by atoms with Crippen LogP contribution in [0.2, 0.25) is 10.0 Å². The summed E-state index contributed by atoms with van der Waals surface area (Å²) in [6.45, 7) is 24.9. The molecular formula is C50H62B11Cl3N12O2-. The van der Waals surface area contributed by atoms with Gasteiger partial charge in [-0.05, 0) is 109 Å². The molecule has 0 saturated carbocycles. The van der Waals surface area contributed by atoms with Crippen molar-refractivity contribution in [2.45, 2.75) is 108 Å². The SMILES string of the molecule is CC(C)(C)C(=O)Cl.Cc1cnc(-c2cc(N3CCc4nc(N)ncc4[C@H]3C)ncc2Cl)c(C)c1.Cc1cnc(-c2cc(N3CCc4nc(NC(=O)C(C)(C)C)ncc4[C@H]3C)ncc2Cl)c(C)c1.[B]B([B])B([B])[B].[B]B([B])[B][BH3-]. The predicted octanol–water partition coefficient (Wildman–Crippen LogP) is 6.03. The minimum atomic E-state index is -0.593. The van der Waals surface area contributed by atoms with Gasteiger partial charge in [0.05, 0.1) is 44.9 Å². The fourth-order valence-corrected chi connectivity index (χ4v) is 8.03. The van der Waals surface area contributed by atoms with E-state index in [1.165, 1.54) is 0 Å². The zero-order chi connectivity index (χ0) is 58.6. The summed E-state index contributed by atoms with van der Waals surface area (Å²) in [5.41, 5.74) is 16.8. The number of carbonyl (C=O) groups is 2. The number of aromatic nitrogens is 8. The third-order valence-corrected chi connectivity index (χ3v) is 13.2. The van der Waals surface area contributed by atoms with Crippen molar-refractivity contribution >= 4 is 150 Å². The minimum Gasteiger partial charge on any atom is -0.368 e. The number of nitrogens with one attached hydrogen (secondary N) is 1. The number of nitrogens with zero attached hydrogens (tertiary/aromatic N) is 10. The Morgan fingerprint density at radius 3 is 1.41 bits per heavy atom. The largest absolute Gasteiger partial charge is 0.368 e. The molecule has 13 radical (unpaired) electrons.